The van der Waals surface area contributed by atoms with Crippen LogP contribution in [0.15, 0.2) is 0 Å². The first kappa shape index (κ1) is 34.6. The Morgan fingerprint density at radius 1 is 0.472 bits per heavy atom. The zero-order valence-corrected chi connectivity index (χ0v) is 22.4. The van der Waals surface area contributed by atoms with Gasteiger partial charge in [-0.1, -0.05) is 0 Å². The molecule has 0 aromatic heterocycles. The Bertz CT molecular complexity index is 510. The van der Waals surface area contributed by atoms with Crippen molar-refractivity contribution in [1.82, 2.24) is 0 Å². The number of rotatable bonds is 26. The molecule has 0 aliphatic heterocycles. The van der Waals surface area contributed by atoms with Gasteiger partial charge in [-0.3, -0.25) is 4.79 Å². The Morgan fingerprint density at radius 2 is 0.778 bits per heavy atom. The molecule has 0 saturated carbocycles. The molecule has 0 heterocycles. The van der Waals surface area contributed by atoms with Gasteiger partial charge in [0.25, 0.3) is 0 Å². The number of hydrogen-bond donors (Lipinski definition) is 0. The first-order valence-corrected chi connectivity index (χ1v) is 12.3. The van der Waals surface area contributed by atoms with Crippen LogP contribution in [0.4, 0.5) is 0 Å². The molecule has 0 atom stereocenters. The van der Waals surface area contributed by atoms with E-state index in [1.54, 1.807) is 0 Å². The van der Waals surface area contributed by atoms with Crippen molar-refractivity contribution in [2.75, 3.05) is 113 Å². The average Bonchev–Trinajstić information content (AvgIpc) is 2.82. The van der Waals surface area contributed by atoms with Crippen LogP contribution < -0.4 is 0 Å². The Balaban J connectivity index is 3.12. The summed E-state index contributed by atoms with van der Waals surface area (Å²) in [5.74, 6) is -0.678. The monoisotopic (exact) mass is 526 g/mol. The quantitative estimate of drug-likeness (QED) is 0.118. The lowest BCUT2D eigenvalue weighted by molar-refractivity contribution is -0.160. The molecule has 0 aromatic rings. The van der Waals surface area contributed by atoms with Crippen molar-refractivity contribution < 1.29 is 57.0 Å². The zero-order valence-electron chi connectivity index (χ0n) is 22.4. The molecule has 0 radical (unpaired) electrons. The van der Waals surface area contributed by atoms with Crippen LogP contribution in [0.3, 0.4) is 0 Å². The van der Waals surface area contributed by atoms with Gasteiger partial charge in [-0.25, -0.2) is 4.79 Å². The van der Waals surface area contributed by atoms with E-state index in [1.165, 1.54) is 7.11 Å². The van der Waals surface area contributed by atoms with Crippen LogP contribution in [-0.4, -0.2) is 130 Å². The molecule has 0 N–H and O–H groups in total. The van der Waals surface area contributed by atoms with Gasteiger partial charge in [0.05, 0.1) is 113 Å². The summed E-state index contributed by atoms with van der Waals surface area (Å²) in [7, 11) is 1.35. The molecular formula is C24H46O12. The van der Waals surface area contributed by atoms with Crippen LogP contribution >= 0.6 is 0 Å². The highest BCUT2D eigenvalue weighted by atomic mass is 16.6. The largest absolute Gasteiger partial charge is 0.469 e. The topological polar surface area (TPSA) is 126 Å². The molecule has 0 aliphatic rings. The van der Waals surface area contributed by atoms with E-state index >= 15 is 0 Å². The van der Waals surface area contributed by atoms with Crippen molar-refractivity contribution in [1.29, 1.82) is 0 Å². The molecule has 0 bridgehead atoms. The summed E-state index contributed by atoms with van der Waals surface area (Å²) in [5.41, 5.74) is -0.510. The minimum Gasteiger partial charge on any atom is -0.469 e. The Kier molecular flexibility index (Phi) is 24.3. The maximum Gasteiger partial charge on any atom is 0.332 e. The van der Waals surface area contributed by atoms with Crippen molar-refractivity contribution in [2.45, 2.75) is 32.8 Å². The Labute approximate surface area is 215 Å². The van der Waals surface area contributed by atoms with Crippen molar-refractivity contribution in [3.05, 3.63) is 0 Å². The van der Waals surface area contributed by atoms with E-state index in [1.807, 2.05) is 20.8 Å². The molecule has 12 nitrogen and oxygen atoms in total. The predicted molar refractivity (Wildman–Crippen MR) is 129 cm³/mol. The Morgan fingerprint density at radius 3 is 1.08 bits per heavy atom. The number of ether oxygens (including phenoxy) is 10. The Hall–Kier alpha value is -1.38. The van der Waals surface area contributed by atoms with E-state index in [9.17, 15) is 9.59 Å². The third kappa shape index (κ3) is 28.9. The fourth-order valence-corrected chi connectivity index (χ4v) is 2.32. The molecule has 12 heteroatoms. The van der Waals surface area contributed by atoms with Crippen LogP contribution in [0.2, 0.25) is 0 Å². The molecule has 0 aromatic carbocycles. The summed E-state index contributed by atoms with van der Waals surface area (Å²) in [6.45, 7) is 11.9. The first-order valence-electron chi connectivity index (χ1n) is 12.3. The highest BCUT2D eigenvalue weighted by Crippen LogP contribution is 2.06. The molecule has 36 heavy (non-hydrogen) atoms. The highest BCUT2D eigenvalue weighted by Gasteiger charge is 2.15. The van der Waals surface area contributed by atoms with Gasteiger partial charge in [0.1, 0.15) is 12.2 Å². The third-order valence-corrected chi connectivity index (χ3v) is 3.92. The number of hydrogen-bond acceptors (Lipinski definition) is 12. The molecule has 0 spiro atoms. The van der Waals surface area contributed by atoms with Gasteiger partial charge in [-0.15, -0.1) is 0 Å². The van der Waals surface area contributed by atoms with Crippen LogP contribution in [0, 0.1) is 0 Å². The summed E-state index contributed by atoms with van der Waals surface area (Å²) in [5, 5.41) is 0. The van der Waals surface area contributed by atoms with Crippen molar-refractivity contribution in [2.24, 2.45) is 0 Å². The maximum absolute atomic E-state index is 11.5. The van der Waals surface area contributed by atoms with Crippen molar-refractivity contribution >= 4 is 11.9 Å². The second-order valence-corrected chi connectivity index (χ2v) is 8.25. The molecule has 0 fully saturated rings. The summed E-state index contributed by atoms with van der Waals surface area (Å²) in [4.78, 5) is 22.3. The first-order chi connectivity index (χ1) is 17.3. The number of carbonyl (C=O) groups excluding carboxylic acids is 2. The lowest BCUT2D eigenvalue weighted by Crippen LogP contribution is -2.27. The highest BCUT2D eigenvalue weighted by molar-refractivity contribution is 5.71. The molecule has 0 amide bonds. The zero-order chi connectivity index (χ0) is 26.7. The normalized spacial score (nSPS) is 11.6. The summed E-state index contributed by atoms with van der Waals surface area (Å²) in [6, 6.07) is 0. The molecule has 0 unspecified atom stereocenters. The fourth-order valence-electron chi connectivity index (χ4n) is 2.32. The van der Waals surface area contributed by atoms with E-state index in [-0.39, 0.29) is 25.0 Å². The van der Waals surface area contributed by atoms with Gasteiger partial charge in [-0.05, 0) is 20.8 Å². The standard InChI is InChI=1S/C24H46O12/c1-24(2,3)36-23(26)21-35-20-19-34-18-17-33-16-15-32-14-13-31-12-11-30-10-9-29-8-7-28-6-5-22(25)27-4/h5-21H2,1-4H3. The molecular weight excluding hydrogens is 480 g/mol. The second-order valence-electron chi connectivity index (χ2n) is 8.25. The lowest BCUT2D eigenvalue weighted by Gasteiger charge is -2.19. The van der Waals surface area contributed by atoms with Gasteiger partial charge < -0.3 is 47.4 Å². The van der Waals surface area contributed by atoms with E-state index in [2.05, 4.69) is 4.74 Å². The number of methoxy groups -OCH3 is 1. The second kappa shape index (κ2) is 25.3. The van der Waals surface area contributed by atoms with E-state index in [0.29, 0.717) is 99.1 Å². The van der Waals surface area contributed by atoms with E-state index in [0.717, 1.165) is 0 Å². The number of esters is 2. The average molecular weight is 527 g/mol. The third-order valence-electron chi connectivity index (χ3n) is 3.92. The smallest absolute Gasteiger partial charge is 0.332 e. The van der Waals surface area contributed by atoms with Gasteiger partial charge in [0.15, 0.2) is 0 Å². The van der Waals surface area contributed by atoms with Gasteiger partial charge in [0.2, 0.25) is 0 Å². The molecule has 214 valence electrons. The SMILES string of the molecule is COC(=O)CCOCCOCCOCCOCCOCCOCCOCCOCC(=O)OC(C)(C)C. The molecule has 0 aliphatic carbocycles. The van der Waals surface area contributed by atoms with Gasteiger partial charge in [0, 0.05) is 0 Å². The summed E-state index contributed by atoms with van der Waals surface area (Å²) in [6.07, 6.45) is 0.242. The fraction of sp³-hybridized carbons (Fsp3) is 0.917. The van der Waals surface area contributed by atoms with Crippen molar-refractivity contribution in [3.8, 4) is 0 Å². The molecule has 0 rings (SSSR count). The number of carbonyl (C=O) groups is 2. The molecule has 0 saturated heterocycles. The summed E-state index contributed by atoms with van der Waals surface area (Å²) >= 11 is 0. The van der Waals surface area contributed by atoms with E-state index < -0.39 is 5.60 Å². The van der Waals surface area contributed by atoms with Crippen molar-refractivity contribution in [3.63, 3.8) is 0 Å². The van der Waals surface area contributed by atoms with Crippen LogP contribution in [0.5, 0.6) is 0 Å². The van der Waals surface area contributed by atoms with Crippen LogP contribution in [0.1, 0.15) is 27.2 Å². The lowest BCUT2D eigenvalue weighted by atomic mass is 10.2. The predicted octanol–water partition coefficient (Wildman–Crippen LogP) is 1.02. The van der Waals surface area contributed by atoms with E-state index in [4.69, 9.17) is 42.6 Å². The minimum atomic E-state index is -0.510. The van der Waals surface area contributed by atoms with Crippen LogP contribution in [0.25, 0.3) is 0 Å². The van der Waals surface area contributed by atoms with Gasteiger partial charge in [-0.2, -0.15) is 0 Å². The maximum atomic E-state index is 11.5. The summed E-state index contributed by atoms with van der Waals surface area (Å²) < 4.78 is 52.4. The minimum absolute atomic E-state index is 0.0842. The van der Waals surface area contributed by atoms with Gasteiger partial charge >= 0.3 is 11.9 Å². The van der Waals surface area contributed by atoms with Crippen LogP contribution in [-0.2, 0) is 57.0 Å².